The summed E-state index contributed by atoms with van der Waals surface area (Å²) in [4.78, 5) is 48.8. The van der Waals surface area contributed by atoms with E-state index in [1.54, 1.807) is 0 Å². The first kappa shape index (κ1) is 24.7. The van der Waals surface area contributed by atoms with E-state index >= 15 is 0 Å². The van der Waals surface area contributed by atoms with E-state index < -0.39 is 22.8 Å². The third-order valence-electron chi connectivity index (χ3n) is 5.72. The van der Waals surface area contributed by atoms with E-state index in [2.05, 4.69) is 15.7 Å². The number of hydrogen-bond acceptors (Lipinski definition) is 6. The minimum Gasteiger partial charge on any atom is -0.388 e. The van der Waals surface area contributed by atoms with Crippen molar-refractivity contribution >= 4 is 23.4 Å². The molecule has 178 valence electrons. The summed E-state index contributed by atoms with van der Waals surface area (Å²) in [5, 5.41) is 20.1. The highest BCUT2D eigenvalue weighted by molar-refractivity contribution is 6.33. The number of nitrogens with zero attached hydrogens (tertiary/aromatic N) is 3. The van der Waals surface area contributed by atoms with Crippen LogP contribution in [0.2, 0.25) is 5.02 Å². The van der Waals surface area contributed by atoms with Crippen LogP contribution >= 0.6 is 11.6 Å². The average molecular weight is 478 g/mol. The Morgan fingerprint density at radius 3 is 2.52 bits per heavy atom. The van der Waals surface area contributed by atoms with Crippen LogP contribution in [0.25, 0.3) is 5.69 Å². The normalized spacial score (nSPS) is 15.5. The number of hydrogen-bond donors (Lipinski definition) is 3. The lowest BCUT2D eigenvalue weighted by Gasteiger charge is -2.26. The highest BCUT2D eigenvalue weighted by Crippen LogP contribution is 2.26. The summed E-state index contributed by atoms with van der Waals surface area (Å²) in [5.41, 5.74) is -1.90. The Bertz CT molecular complexity index is 1130. The van der Waals surface area contributed by atoms with E-state index in [4.69, 9.17) is 11.6 Å². The van der Waals surface area contributed by atoms with E-state index in [-0.39, 0.29) is 41.8 Å². The number of halogens is 1. The van der Waals surface area contributed by atoms with Gasteiger partial charge in [-0.15, -0.1) is 0 Å². The molecule has 0 spiro atoms. The van der Waals surface area contributed by atoms with Gasteiger partial charge in [-0.2, -0.15) is 9.78 Å². The summed E-state index contributed by atoms with van der Waals surface area (Å²) in [6.45, 7) is 1.52. The van der Waals surface area contributed by atoms with Crippen molar-refractivity contribution in [2.75, 3.05) is 13.1 Å². The summed E-state index contributed by atoms with van der Waals surface area (Å²) in [6, 6.07) is 4.38. The molecule has 11 heteroatoms. The third-order valence-corrected chi connectivity index (χ3v) is 6.05. The van der Waals surface area contributed by atoms with Gasteiger partial charge in [0, 0.05) is 26.6 Å². The van der Waals surface area contributed by atoms with E-state index in [0.717, 1.165) is 41.1 Å². The standard InChI is InChI=1S/C22H28ClN5O5/c1-15(29)24-10-11-27-19(30)13-26-28(21(27)32)16-6-7-18(23)17(12-16)20(31)25-14-22(33)8-4-2-3-5-9-22/h6-7,12-13,33H,2-5,8-11,14H2,1H3,(H,24,29)(H,25,31). The molecule has 10 nitrogen and oxygen atoms in total. The lowest BCUT2D eigenvalue weighted by Crippen LogP contribution is -2.43. The van der Waals surface area contributed by atoms with Crippen LogP contribution in [0.5, 0.6) is 0 Å². The largest absolute Gasteiger partial charge is 0.388 e. The van der Waals surface area contributed by atoms with E-state index in [0.29, 0.717) is 12.8 Å². The number of rotatable bonds is 7. The number of aromatic nitrogens is 3. The van der Waals surface area contributed by atoms with Crippen LogP contribution in [0, 0.1) is 0 Å². The van der Waals surface area contributed by atoms with Crippen molar-refractivity contribution in [3.8, 4) is 5.69 Å². The number of benzene rings is 1. The molecule has 0 atom stereocenters. The fourth-order valence-corrected chi connectivity index (χ4v) is 4.09. The van der Waals surface area contributed by atoms with Crippen LogP contribution in [0.1, 0.15) is 55.8 Å². The van der Waals surface area contributed by atoms with Crippen LogP contribution in [0.15, 0.2) is 34.0 Å². The quantitative estimate of drug-likeness (QED) is 0.509. The molecule has 0 unspecified atom stereocenters. The number of aliphatic hydroxyl groups is 1. The molecule has 33 heavy (non-hydrogen) atoms. The molecule has 1 aromatic heterocycles. The van der Waals surface area contributed by atoms with Gasteiger partial charge in [-0.3, -0.25) is 19.0 Å². The van der Waals surface area contributed by atoms with Crippen molar-refractivity contribution < 1.29 is 14.7 Å². The average Bonchev–Trinajstić information content (AvgIpc) is 3.00. The van der Waals surface area contributed by atoms with Gasteiger partial charge in [0.25, 0.3) is 11.5 Å². The molecule has 0 radical (unpaired) electrons. The summed E-state index contributed by atoms with van der Waals surface area (Å²) in [6.07, 6.45) is 6.20. The predicted octanol–water partition coefficient (Wildman–Crippen LogP) is 0.999. The van der Waals surface area contributed by atoms with Crippen LogP contribution in [-0.4, -0.2) is 50.0 Å². The first-order valence-corrected chi connectivity index (χ1v) is 11.3. The molecule has 3 rings (SSSR count). The van der Waals surface area contributed by atoms with E-state index in [1.807, 2.05) is 0 Å². The van der Waals surface area contributed by atoms with Gasteiger partial charge in [-0.1, -0.05) is 37.3 Å². The fraction of sp³-hybridized carbons (Fsp3) is 0.500. The van der Waals surface area contributed by atoms with Gasteiger partial charge in [0.2, 0.25) is 5.91 Å². The van der Waals surface area contributed by atoms with Gasteiger partial charge in [-0.25, -0.2) is 4.79 Å². The van der Waals surface area contributed by atoms with Gasteiger partial charge in [0.15, 0.2) is 0 Å². The summed E-state index contributed by atoms with van der Waals surface area (Å²) < 4.78 is 1.93. The Kier molecular flexibility index (Phi) is 8.04. The Morgan fingerprint density at radius 1 is 1.15 bits per heavy atom. The molecular weight excluding hydrogens is 450 g/mol. The molecular formula is C22H28ClN5O5. The van der Waals surface area contributed by atoms with Gasteiger partial charge in [0.05, 0.1) is 21.9 Å². The van der Waals surface area contributed by atoms with Crippen molar-refractivity contribution in [3.05, 3.63) is 55.8 Å². The monoisotopic (exact) mass is 477 g/mol. The molecule has 0 aliphatic heterocycles. The zero-order chi connectivity index (χ0) is 24.0. The van der Waals surface area contributed by atoms with E-state index in [1.165, 1.54) is 25.1 Å². The smallest absolute Gasteiger partial charge is 0.352 e. The highest BCUT2D eigenvalue weighted by Gasteiger charge is 2.28. The lowest BCUT2D eigenvalue weighted by atomic mass is 9.94. The highest BCUT2D eigenvalue weighted by atomic mass is 35.5. The molecule has 2 aromatic rings. The summed E-state index contributed by atoms with van der Waals surface area (Å²) in [7, 11) is 0. The zero-order valence-electron chi connectivity index (χ0n) is 18.5. The van der Waals surface area contributed by atoms with Crippen molar-refractivity contribution in [1.29, 1.82) is 0 Å². The number of nitrogens with one attached hydrogen (secondary N) is 2. The van der Waals surface area contributed by atoms with Crippen LogP contribution in [0.3, 0.4) is 0 Å². The van der Waals surface area contributed by atoms with Gasteiger partial charge >= 0.3 is 5.69 Å². The van der Waals surface area contributed by atoms with Crippen molar-refractivity contribution in [1.82, 2.24) is 25.0 Å². The van der Waals surface area contributed by atoms with Gasteiger partial charge in [0.1, 0.15) is 6.20 Å². The van der Waals surface area contributed by atoms with Crippen LogP contribution < -0.4 is 21.9 Å². The second-order valence-electron chi connectivity index (χ2n) is 8.30. The summed E-state index contributed by atoms with van der Waals surface area (Å²) >= 11 is 6.23. The fourth-order valence-electron chi connectivity index (χ4n) is 3.88. The lowest BCUT2D eigenvalue weighted by molar-refractivity contribution is -0.119. The molecule has 2 amide bonds. The maximum Gasteiger partial charge on any atom is 0.352 e. The Morgan fingerprint density at radius 2 is 1.85 bits per heavy atom. The molecule has 1 aliphatic rings. The first-order chi connectivity index (χ1) is 15.7. The molecule has 1 fully saturated rings. The van der Waals surface area contributed by atoms with Gasteiger partial charge < -0.3 is 15.7 Å². The SMILES string of the molecule is CC(=O)NCCn1c(=O)cnn(-c2ccc(Cl)c(C(=O)NCC3(O)CCCCCC3)c2)c1=O. The predicted molar refractivity (Wildman–Crippen MR) is 123 cm³/mol. The molecule has 1 aliphatic carbocycles. The third kappa shape index (κ3) is 6.29. The maximum absolute atomic E-state index is 12.8. The molecule has 3 N–H and O–H groups in total. The Balaban J connectivity index is 1.82. The minimum atomic E-state index is -0.946. The molecule has 0 saturated heterocycles. The molecule has 1 heterocycles. The molecule has 1 saturated carbocycles. The maximum atomic E-state index is 12.8. The number of carbonyl (C=O) groups is 2. The number of carbonyl (C=O) groups excluding carboxylic acids is 2. The zero-order valence-corrected chi connectivity index (χ0v) is 19.2. The second-order valence-corrected chi connectivity index (χ2v) is 8.70. The van der Waals surface area contributed by atoms with Crippen molar-refractivity contribution in [2.45, 2.75) is 57.6 Å². The molecule has 1 aromatic carbocycles. The van der Waals surface area contributed by atoms with Crippen molar-refractivity contribution in [3.63, 3.8) is 0 Å². The molecule has 0 bridgehead atoms. The second kappa shape index (κ2) is 10.8. The Labute approximate surface area is 195 Å². The minimum absolute atomic E-state index is 0.0285. The first-order valence-electron chi connectivity index (χ1n) is 10.9. The van der Waals surface area contributed by atoms with Crippen LogP contribution in [0.4, 0.5) is 0 Å². The van der Waals surface area contributed by atoms with Crippen molar-refractivity contribution in [2.24, 2.45) is 0 Å². The summed E-state index contributed by atoms with van der Waals surface area (Å²) in [5.74, 6) is -0.758. The topological polar surface area (TPSA) is 135 Å². The van der Waals surface area contributed by atoms with Gasteiger partial charge in [-0.05, 0) is 31.0 Å². The Hall–Kier alpha value is -2.98. The van der Waals surface area contributed by atoms with Crippen LogP contribution in [-0.2, 0) is 11.3 Å². The van der Waals surface area contributed by atoms with E-state index in [9.17, 15) is 24.3 Å². The number of amides is 2.